The molecular formula is C23H33ClO2. The second-order valence-electron chi connectivity index (χ2n) is 5.70. The minimum atomic E-state index is 0.196. The van der Waals surface area contributed by atoms with E-state index in [1.807, 2.05) is 45.9 Å². The lowest BCUT2D eigenvalue weighted by molar-refractivity contribution is 0.141. The van der Waals surface area contributed by atoms with E-state index in [-0.39, 0.29) is 6.10 Å². The van der Waals surface area contributed by atoms with Crippen LogP contribution < -0.4 is 4.74 Å². The molecule has 1 aliphatic heterocycles. The maximum Gasteiger partial charge on any atom is 0.124 e. The van der Waals surface area contributed by atoms with Crippen LogP contribution in [0, 0.1) is 0 Å². The lowest BCUT2D eigenvalue weighted by Gasteiger charge is -2.12. The van der Waals surface area contributed by atoms with E-state index in [9.17, 15) is 0 Å². The molecule has 1 unspecified atom stereocenters. The minimum Gasteiger partial charge on any atom is -0.488 e. The predicted octanol–water partition coefficient (Wildman–Crippen LogP) is 6.71. The van der Waals surface area contributed by atoms with Crippen LogP contribution in [0.15, 0.2) is 42.5 Å². The molecule has 1 saturated heterocycles. The molecule has 1 heterocycles. The first kappa shape index (κ1) is 22.5. The van der Waals surface area contributed by atoms with Gasteiger partial charge in [-0.05, 0) is 47.7 Å². The van der Waals surface area contributed by atoms with Crippen molar-refractivity contribution in [3.8, 4) is 5.75 Å². The molecule has 3 heteroatoms. The number of hydrogen-bond donors (Lipinski definition) is 0. The summed E-state index contributed by atoms with van der Waals surface area (Å²) in [7, 11) is 0. The van der Waals surface area contributed by atoms with Crippen molar-refractivity contribution in [2.75, 3.05) is 13.2 Å². The van der Waals surface area contributed by atoms with Gasteiger partial charge in [-0.3, -0.25) is 0 Å². The van der Waals surface area contributed by atoms with Gasteiger partial charge in [0.05, 0.1) is 13.2 Å². The Labute approximate surface area is 164 Å². The Morgan fingerprint density at radius 2 is 1.65 bits per heavy atom. The summed E-state index contributed by atoms with van der Waals surface area (Å²) in [4.78, 5) is 0. The Kier molecular flexibility index (Phi) is 11.1. The highest BCUT2D eigenvalue weighted by molar-refractivity contribution is 6.31. The number of benzene rings is 2. The van der Waals surface area contributed by atoms with Crippen LogP contribution in [0.4, 0.5) is 0 Å². The van der Waals surface area contributed by atoms with Crippen molar-refractivity contribution in [1.82, 2.24) is 0 Å². The Morgan fingerprint density at radius 1 is 1.00 bits per heavy atom. The number of hydrogen-bond acceptors (Lipinski definition) is 2. The number of rotatable bonds is 5. The van der Waals surface area contributed by atoms with E-state index in [1.165, 1.54) is 16.7 Å². The second kappa shape index (κ2) is 12.8. The molecule has 0 amide bonds. The summed E-state index contributed by atoms with van der Waals surface area (Å²) >= 11 is 6.31. The monoisotopic (exact) mass is 376 g/mol. The standard InChI is InChI=1S/C19H21ClO2.2C2H6/c1-2-14-5-8-19(20)16(11-14)12-15-3-6-17(7-4-15)22-18-9-10-21-13-18;2*1-2/h3-8,11,18H,2,9-10,12-13H2,1H3;2*1-2H3. The first-order valence-corrected chi connectivity index (χ1v) is 10.2. The molecular weight excluding hydrogens is 344 g/mol. The van der Waals surface area contributed by atoms with Crippen molar-refractivity contribution < 1.29 is 9.47 Å². The molecule has 1 aliphatic rings. The molecule has 0 spiro atoms. The third kappa shape index (κ3) is 7.01. The van der Waals surface area contributed by atoms with E-state index in [1.54, 1.807) is 0 Å². The molecule has 0 bridgehead atoms. The topological polar surface area (TPSA) is 18.5 Å². The lowest BCUT2D eigenvalue weighted by Crippen LogP contribution is -2.15. The van der Waals surface area contributed by atoms with E-state index >= 15 is 0 Å². The summed E-state index contributed by atoms with van der Waals surface area (Å²) in [6.45, 7) is 11.7. The van der Waals surface area contributed by atoms with Crippen LogP contribution in [0.5, 0.6) is 5.75 Å². The van der Waals surface area contributed by atoms with Crippen molar-refractivity contribution in [1.29, 1.82) is 0 Å². The van der Waals surface area contributed by atoms with Gasteiger partial charge in [-0.15, -0.1) is 0 Å². The average molecular weight is 377 g/mol. The highest BCUT2D eigenvalue weighted by atomic mass is 35.5. The molecule has 0 aliphatic carbocycles. The van der Waals surface area contributed by atoms with Crippen LogP contribution in [0.25, 0.3) is 0 Å². The molecule has 26 heavy (non-hydrogen) atoms. The fourth-order valence-electron chi connectivity index (χ4n) is 2.69. The zero-order valence-corrected chi connectivity index (χ0v) is 17.6. The molecule has 1 fully saturated rings. The van der Waals surface area contributed by atoms with Crippen LogP contribution in [0.2, 0.25) is 5.02 Å². The van der Waals surface area contributed by atoms with Crippen LogP contribution in [-0.4, -0.2) is 19.3 Å². The Bertz CT molecular complexity index is 617. The molecule has 0 N–H and O–H groups in total. The first-order chi connectivity index (χ1) is 12.7. The van der Waals surface area contributed by atoms with Crippen molar-refractivity contribution in [3.05, 3.63) is 64.2 Å². The van der Waals surface area contributed by atoms with Crippen LogP contribution in [-0.2, 0) is 17.6 Å². The van der Waals surface area contributed by atoms with Crippen molar-refractivity contribution >= 4 is 11.6 Å². The van der Waals surface area contributed by atoms with Gasteiger partial charge in [0.1, 0.15) is 11.9 Å². The van der Waals surface area contributed by atoms with Crippen LogP contribution >= 0.6 is 11.6 Å². The van der Waals surface area contributed by atoms with Gasteiger partial charge in [-0.2, -0.15) is 0 Å². The molecule has 2 nitrogen and oxygen atoms in total. The fourth-order valence-corrected chi connectivity index (χ4v) is 2.87. The van der Waals surface area contributed by atoms with Gasteiger partial charge < -0.3 is 9.47 Å². The van der Waals surface area contributed by atoms with E-state index in [0.717, 1.165) is 36.6 Å². The van der Waals surface area contributed by atoms with E-state index in [0.29, 0.717) is 6.61 Å². The van der Waals surface area contributed by atoms with Gasteiger partial charge in [0.15, 0.2) is 0 Å². The highest BCUT2D eigenvalue weighted by Gasteiger charge is 2.16. The Hall–Kier alpha value is -1.51. The SMILES string of the molecule is CC.CC.CCc1ccc(Cl)c(Cc2ccc(OC3CCOC3)cc2)c1. The van der Waals surface area contributed by atoms with Crippen LogP contribution in [0.1, 0.15) is 57.7 Å². The van der Waals surface area contributed by atoms with Gasteiger partial charge in [0.25, 0.3) is 0 Å². The summed E-state index contributed by atoms with van der Waals surface area (Å²) in [5, 5.41) is 0.834. The molecule has 0 aromatic heterocycles. The third-order valence-corrected chi connectivity index (χ3v) is 4.40. The Balaban J connectivity index is 0.000000791. The summed E-state index contributed by atoms with van der Waals surface area (Å²) in [6, 6.07) is 14.6. The second-order valence-corrected chi connectivity index (χ2v) is 6.11. The van der Waals surface area contributed by atoms with Gasteiger partial charge in [-0.1, -0.05) is 70.5 Å². The Morgan fingerprint density at radius 3 is 2.23 bits per heavy atom. The van der Waals surface area contributed by atoms with Gasteiger partial charge in [0.2, 0.25) is 0 Å². The average Bonchev–Trinajstić information content (AvgIpc) is 3.21. The fraction of sp³-hybridized carbons (Fsp3) is 0.478. The molecule has 144 valence electrons. The maximum atomic E-state index is 6.31. The van der Waals surface area contributed by atoms with E-state index in [4.69, 9.17) is 21.1 Å². The third-order valence-electron chi connectivity index (χ3n) is 4.03. The van der Waals surface area contributed by atoms with E-state index < -0.39 is 0 Å². The summed E-state index contributed by atoms with van der Waals surface area (Å²) in [6.07, 6.45) is 3.04. The largest absolute Gasteiger partial charge is 0.488 e. The highest BCUT2D eigenvalue weighted by Crippen LogP contribution is 2.23. The molecule has 3 rings (SSSR count). The van der Waals surface area contributed by atoms with E-state index in [2.05, 4.69) is 31.2 Å². The normalized spacial score (nSPS) is 15.4. The number of ether oxygens (including phenoxy) is 2. The molecule has 1 atom stereocenters. The smallest absolute Gasteiger partial charge is 0.124 e. The lowest BCUT2D eigenvalue weighted by atomic mass is 10.0. The zero-order chi connectivity index (χ0) is 19.4. The number of halogens is 1. The summed E-state index contributed by atoms with van der Waals surface area (Å²) in [5.74, 6) is 0.910. The number of aryl methyl sites for hydroxylation is 1. The van der Waals surface area contributed by atoms with Gasteiger partial charge in [0, 0.05) is 11.4 Å². The minimum absolute atomic E-state index is 0.196. The van der Waals surface area contributed by atoms with Crippen molar-refractivity contribution in [2.45, 2.75) is 60.0 Å². The molecule has 2 aromatic rings. The van der Waals surface area contributed by atoms with Gasteiger partial charge >= 0.3 is 0 Å². The maximum absolute atomic E-state index is 6.31. The quantitative estimate of drug-likeness (QED) is 0.577. The predicted molar refractivity (Wildman–Crippen MR) is 113 cm³/mol. The van der Waals surface area contributed by atoms with Crippen molar-refractivity contribution in [2.24, 2.45) is 0 Å². The molecule has 0 saturated carbocycles. The molecule has 0 radical (unpaired) electrons. The van der Waals surface area contributed by atoms with Crippen LogP contribution in [0.3, 0.4) is 0 Å². The van der Waals surface area contributed by atoms with Gasteiger partial charge in [-0.25, -0.2) is 0 Å². The zero-order valence-electron chi connectivity index (χ0n) is 16.8. The van der Waals surface area contributed by atoms with Crippen molar-refractivity contribution in [3.63, 3.8) is 0 Å². The summed E-state index contributed by atoms with van der Waals surface area (Å²) in [5.41, 5.74) is 3.74. The molecule has 2 aromatic carbocycles. The summed E-state index contributed by atoms with van der Waals surface area (Å²) < 4.78 is 11.2. The first-order valence-electron chi connectivity index (χ1n) is 9.85.